The van der Waals surface area contributed by atoms with E-state index in [2.05, 4.69) is 33.0 Å². The maximum atomic E-state index is 5.86. The number of aromatic nitrogens is 2. The molecule has 2 aromatic rings. The molecular weight excluding hydrogens is 282 g/mol. The summed E-state index contributed by atoms with van der Waals surface area (Å²) in [6, 6.07) is 5.69. The fraction of sp³-hybridized carbons (Fsp3) is 0.333. The summed E-state index contributed by atoms with van der Waals surface area (Å²) in [6.07, 6.45) is 0.900. The van der Waals surface area contributed by atoms with Gasteiger partial charge in [0.1, 0.15) is 0 Å². The van der Waals surface area contributed by atoms with Gasteiger partial charge >= 0.3 is 0 Å². The predicted molar refractivity (Wildman–Crippen MR) is 70.8 cm³/mol. The lowest BCUT2D eigenvalue weighted by Crippen LogP contribution is -1.93. The molecule has 1 aromatic heterocycles. The lowest BCUT2D eigenvalue weighted by Gasteiger charge is -2.03. The molecule has 0 aliphatic rings. The minimum Gasteiger partial charge on any atom is -0.398 e. The Kier molecular flexibility index (Phi) is 3.47. The molecule has 1 aromatic carbocycles. The van der Waals surface area contributed by atoms with Gasteiger partial charge < -0.3 is 10.3 Å². The molecule has 2 rings (SSSR count). The second-order valence-electron chi connectivity index (χ2n) is 3.85. The molecule has 0 aliphatic heterocycles. The van der Waals surface area contributed by atoms with Gasteiger partial charge in [0.25, 0.3) is 0 Å². The van der Waals surface area contributed by atoms with Gasteiger partial charge in [-0.25, -0.2) is 0 Å². The molecule has 0 saturated carbocycles. The van der Waals surface area contributed by atoms with Crippen molar-refractivity contribution in [3.63, 3.8) is 0 Å². The summed E-state index contributed by atoms with van der Waals surface area (Å²) in [5, 5.41) is 3.99. The van der Waals surface area contributed by atoms with Crippen molar-refractivity contribution in [1.82, 2.24) is 10.1 Å². The third-order valence-corrected chi connectivity index (χ3v) is 3.72. The number of nitrogens with zero attached hydrogens (tertiary/aromatic N) is 2. The van der Waals surface area contributed by atoms with E-state index in [0.29, 0.717) is 11.7 Å². The summed E-state index contributed by atoms with van der Waals surface area (Å²) in [5.41, 5.74) is 8.48. The van der Waals surface area contributed by atoms with Crippen molar-refractivity contribution in [2.45, 2.75) is 25.1 Å². The van der Waals surface area contributed by atoms with Crippen LogP contribution in [0.4, 0.5) is 5.69 Å². The number of nitrogens with two attached hydrogens (primary N) is 1. The van der Waals surface area contributed by atoms with E-state index in [1.54, 1.807) is 0 Å². The topological polar surface area (TPSA) is 64.9 Å². The van der Waals surface area contributed by atoms with Crippen LogP contribution in [-0.4, -0.2) is 10.1 Å². The monoisotopic (exact) mass is 295 g/mol. The molecule has 0 fully saturated rings. The van der Waals surface area contributed by atoms with E-state index in [1.807, 2.05) is 25.1 Å². The van der Waals surface area contributed by atoms with E-state index in [9.17, 15) is 0 Å². The van der Waals surface area contributed by atoms with Crippen LogP contribution >= 0.6 is 15.9 Å². The van der Waals surface area contributed by atoms with Crippen LogP contribution in [0.2, 0.25) is 0 Å². The molecular formula is C12H14BrN3O. The zero-order valence-corrected chi connectivity index (χ0v) is 11.4. The number of hydrogen-bond acceptors (Lipinski definition) is 4. The Morgan fingerprint density at radius 3 is 2.94 bits per heavy atom. The van der Waals surface area contributed by atoms with Crippen molar-refractivity contribution in [3.05, 3.63) is 29.7 Å². The molecule has 1 atom stereocenters. The molecule has 0 amide bonds. The number of nitrogen functional groups attached to an aromatic ring is 1. The highest BCUT2D eigenvalue weighted by molar-refractivity contribution is 9.09. The summed E-state index contributed by atoms with van der Waals surface area (Å²) in [4.78, 5) is 4.47. The number of halogens is 1. The quantitative estimate of drug-likeness (QED) is 0.695. The Balaban J connectivity index is 2.40. The average molecular weight is 296 g/mol. The van der Waals surface area contributed by atoms with Crippen LogP contribution in [0.15, 0.2) is 22.7 Å². The molecule has 5 heteroatoms. The Morgan fingerprint density at radius 1 is 1.47 bits per heavy atom. The molecule has 0 radical (unpaired) electrons. The van der Waals surface area contributed by atoms with E-state index < -0.39 is 0 Å². The van der Waals surface area contributed by atoms with Crippen LogP contribution < -0.4 is 5.73 Å². The Hall–Kier alpha value is -1.36. The third kappa shape index (κ3) is 2.34. The van der Waals surface area contributed by atoms with E-state index >= 15 is 0 Å². The highest BCUT2D eigenvalue weighted by Crippen LogP contribution is 2.29. The maximum absolute atomic E-state index is 5.86. The van der Waals surface area contributed by atoms with Gasteiger partial charge in [-0.15, -0.1) is 0 Å². The van der Waals surface area contributed by atoms with Crippen molar-refractivity contribution in [3.8, 4) is 11.4 Å². The van der Waals surface area contributed by atoms with Crippen molar-refractivity contribution >= 4 is 21.6 Å². The summed E-state index contributed by atoms with van der Waals surface area (Å²) >= 11 is 3.48. The van der Waals surface area contributed by atoms with Crippen LogP contribution in [0.1, 0.15) is 29.6 Å². The fourth-order valence-corrected chi connectivity index (χ4v) is 1.73. The number of alkyl halides is 1. The lowest BCUT2D eigenvalue weighted by atomic mass is 10.1. The molecule has 90 valence electrons. The molecule has 1 unspecified atom stereocenters. The summed E-state index contributed by atoms with van der Waals surface area (Å²) in [6.45, 7) is 4.00. The maximum Gasteiger partial charge on any atom is 0.240 e. The van der Waals surface area contributed by atoms with Crippen LogP contribution in [0.25, 0.3) is 11.4 Å². The highest BCUT2D eigenvalue weighted by atomic mass is 79.9. The molecule has 0 spiro atoms. The summed E-state index contributed by atoms with van der Waals surface area (Å²) < 4.78 is 5.22. The van der Waals surface area contributed by atoms with Crippen LogP contribution in [0.3, 0.4) is 0 Å². The Morgan fingerprint density at radius 2 is 2.24 bits per heavy atom. The third-order valence-electron chi connectivity index (χ3n) is 2.68. The first kappa shape index (κ1) is 12.1. The fourth-order valence-electron chi connectivity index (χ4n) is 1.54. The van der Waals surface area contributed by atoms with Crippen LogP contribution in [-0.2, 0) is 0 Å². The van der Waals surface area contributed by atoms with Crippen LogP contribution in [0, 0.1) is 6.92 Å². The molecule has 0 saturated heterocycles. The number of benzene rings is 1. The minimum absolute atomic E-state index is 0.102. The van der Waals surface area contributed by atoms with Gasteiger partial charge in [0, 0.05) is 11.3 Å². The Labute approximate surface area is 108 Å². The van der Waals surface area contributed by atoms with Gasteiger partial charge in [-0.3, -0.25) is 0 Å². The van der Waals surface area contributed by atoms with Crippen molar-refractivity contribution < 1.29 is 4.52 Å². The number of anilines is 1. The summed E-state index contributed by atoms with van der Waals surface area (Å²) in [7, 11) is 0. The smallest absolute Gasteiger partial charge is 0.240 e. The van der Waals surface area contributed by atoms with E-state index in [4.69, 9.17) is 10.3 Å². The first-order valence-electron chi connectivity index (χ1n) is 5.46. The first-order chi connectivity index (χ1) is 8.13. The lowest BCUT2D eigenvalue weighted by molar-refractivity contribution is 0.377. The number of hydrogen-bond donors (Lipinski definition) is 1. The molecule has 0 bridgehead atoms. The van der Waals surface area contributed by atoms with E-state index in [-0.39, 0.29) is 4.83 Å². The van der Waals surface area contributed by atoms with Gasteiger partial charge in [0.05, 0.1) is 4.83 Å². The number of rotatable bonds is 3. The first-order valence-corrected chi connectivity index (χ1v) is 6.38. The predicted octanol–water partition coefficient (Wildman–Crippen LogP) is 3.47. The van der Waals surface area contributed by atoms with Crippen molar-refractivity contribution in [1.29, 1.82) is 0 Å². The second-order valence-corrected chi connectivity index (χ2v) is 4.96. The zero-order chi connectivity index (χ0) is 12.4. The zero-order valence-electron chi connectivity index (χ0n) is 9.77. The van der Waals surface area contributed by atoms with Gasteiger partial charge in [-0.05, 0) is 25.0 Å². The molecule has 17 heavy (non-hydrogen) atoms. The SMILES string of the molecule is CCC(Br)c1nc(-c2cccc(N)c2C)no1. The van der Waals surface area contributed by atoms with E-state index in [1.165, 1.54) is 0 Å². The van der Waals surface area contributed by atoms with Crippen molar-refractivity contribution in [2.24, 2.45) is 0 Å². The molecule has 0 aliphatic carbocycles. The largest absolute Gasteiger partial charge is 0.398 e. The average Bonchev–Trinajstić information content (AvgIpc) is 2.81. The van der Waals surface area contributed by atoms with E-state index in [0.717, 1.165) is 23.2 Å². The second kappa shape index (κ2) is 4.87. The molecule has 2 N–H and O–H groups in total. The van der Waals surface area contributed by atoms with Gasteiger partial charge in [-0.1, -0.05) is 40.1 Å². The van der Waals surface area contributed by atoms with Gasteiger partial charge in [0.2, 0.25) is 11.7 Å². The minimum atomic E-state index is 0.102. The molecule has 4 nitrogen and oxygen atoms in total. The van der Waals surface area contributed by atoms with Gasteiger partial charge in [-0.2, -0.15) is 4.98 Å². The van der Waals surface area contributed by atoms with Crippen molar-refractivity contribution in [2.75, 3.05) is 5.73 Å². The normalized spacial score (nSPS) is 12.6. The Bertz CT molecular complexity index is 524. The van der Waals surface area contributed by atoms with Gasteiger partial charge in [0.15, 0.2) is 0 Å². The summed E-state index contributed by atoms with van der Waals surface area (Å²) in [5.74, 6) is 1.19. The van der Waals surface area contributed by atoms with Crippen LogP contribution in [0.5, 0.6) is 0 Å². The molecule has 1 heterocycles. The highest BCUT2D eigenvalue weighted by Gasteiger charge is 2.16. The standard InChI is InChI=1S/C12H14BrN3O/c1-3-9(13)12-15-11(16-17-12)8-5-4-6-10(14)7(8)2/h4-6,9H,3,14H2,1-2H3.